The fraction of sp³-hybridized carbons (Fsp3) is 0.0588. The van der Waals surface area contributed by atoms with Gasteiger partial charge in [0.05, 0.1) is 33.5 Å². The molecule has 0 unspecified atom stereocenters. The Morgan fingerprint density at radius 1 is 0.419 bits per heavy atom. The van der Waals surface area contributed by atoms with E-state index in [2.05, 4.69) is 20.5 Å². The maximum Gasteiger partial charge on any atom is 0.296 e. The quantitative estimate of drug-likeness (QED) is 0.0402. The Morgan fingerprint density at radius 3 is 0.968 bits per heavy atom. The first-order chi connectivity index (χ1) is 26.8. The number of anilines is 2. The second-order valence-corrected chi connectivity index (χ2v) is 18.1. The number of benzene rings is 6. The number of rotatable bonds is 9. The summed E-state index contributed by atoms with van der Waals surface area (Å²) >= 11 is 0. The van der Waals surface area contributed by atoms with Crippen LogP contribution in [0.25, 0.3) is 32.7 Å². The minimum atomic E-state index is -5.10. The van der Waals surface area contributed by atoms with Crippen LogP contribution in [0, 0.1) is 13.8 Å². The van der Waals surface area contributed by atoms with Crippen LogP contribution in [0.3, 0.4) is 0 Å². The van der Waals surface area contributed by atoms with Crippen molar-refractivity contribution in [3.63, 3.8) is 0 Å². The van der Waals surface area contributed by atoms with Crippen LogP contribution in [0.15, 0.2) is 113 Å². The maximum absolute atomic E-state index is 12.0. The second-order valence-electron chi connectivity index (χ2n) is 12.6. The van der Waals surface area contributed by atoms with Crippen LogP contribution in [0.4, 0.5) is 34.1 Å². The monoisotopic (exact) mass is 964 g/mol. The number of fused-ring (bicyclic) bond motifs is 2. The van der Waals surface area contributed by atoms with Gasteiger partial charge in [0.1, 0.15) is 31.0 Å². The van der Waals surface area contributed by atoms with E-state index in [4.69, 9.17) is 11.5 Å². The number of aryl methyl sites for hydroxylation is 2. The fourth-order valence-electron chi connectivity index (χ4n) is 6.04. The standard InChI is InChI=1S/C34H28N6O14S4.4Na/c1-15-11-17(3-7-21(15)37-39-23-9-5-19-25(55(43,44)45)13-27(57(49,50)51)31(35)29(19)33(23)41)18-4-8-22(16(2)12-18)38-40-24-10-6-20-26(56(46,47)48)14-28(58(52,53)54)32(36)30(20)34(24)42;;;;/h3-14,41-42H,35-36H2,1-2H3,(H,43,44,45)(H,46,47,48)(H,49,50,51)(H,52,53,54);;;;. The van der Waals surface area contributed by atoms with Crippen LogP contribution in [-0.4, -0.2) is 180 Å². The molecule has 6 rings (SSSR count). The van der Waals surface area contributed by atoms with Gasteiger partial charge in [-0.2, -0.15) is 43.9 Å². The molecule has 0 heterocycles. The molecule has 0 amide bonds. The van der Waals surface area contributed by atoms with Gasteiger partial charge in [-0.25, -0.2) is 0 Å². The third-order valence-electron chi connectivity index (χ3n) is 8.81. The summed E-state index contributed by atoms with van der Waals surface area (Å²) < 4.78 is 134. The van der Waals surface area contributed by atoms with Crippen LogP contribution >= 0.6 is 0 Å². The molecule has 0 fully saturated rings. The van der Waals surface area contributed by atoms with Crippen molar-refractivity contribution in [1.82, 2.24) is 0 Å². The Kier molecular flexibility index (Phi) is 18.6. The summed E-state index contributed by atoms with van der Waals surface area (Å²) in [7, 11) is -20.3. The van der Waals surface area contributed by atoms with Crippen molar-refractivity contribution in [1.29, 1.82) is 0 Å². The SMILES string of the molecule is Cc1cc(-c2ccc(N=Nc3ccc4c(S(=O)(=O)O)cc(S(=O)(=O)O)c(N)c4c3O)c(C)c2)ccc1N=Nc1ccc2c(S(=O)(=O)O)cc(S(=O)(=O)O)c(N)c2c1O.[Na].[Na].[Na].[Na]. The van der Waals surface area contributed by atoms with Crippen LogP contribution < -0.4 is 11.5 Å². The number of nitrogen functional groups attached to an aromatic ring is 2. The van der Waals surface area contributed by atoms with Crippen LogP contribution in [0.5, 0.6) is 11.5 Å². The van der Waals surface area contributed by atoms with Crippen molar-refractivity contribution in [2.75, 3.05) is 11.5 Å². The van der Waals surface area contributed by atoms with Crippen molar-refractivity contribution in [3.05, 3.63) is 83.9 Å². The summed E-state index contributed by atoms with van der Waals surface area (Å²) in [6.07, 6.45) is 0. The number of hydrogen-bond acceptors (Lipinski definition) is 16. The van der Waals surface area contributed by atoms with Crippen molar-refractivity contribution in [2.24, 2.45) is 20.5 Å². The number of aromatic hydroxyl groups is 2. The Morgan fingerprint density at radius 2 is 0.694 bits per heavy atom. The molecule has 62 heavy (non-hydrogen) atoms. The van der Waals surface area contributed by atoms with Crippen molar-refractivity contribution < 1.29 is 62.1 Å². The van der Waals surface area contributed by atoms with E-state index in [1.165, 1.54) is 0 Å². The van der Waals surface area contributed by atoms with Gasteiger partial charge < -0.3 is 21.7 Å². The minimum absolute atomic E-state index is 0. The van der Waals surface area contributed by atoms with Crippen LogP contribution in [0.1, 0.15) is 11.1 Å². The molecule has 6 aromatic carbocycles. The molecule has 28 heteroatoms. The topological polar surface area (TPSA) is 359 Å². The molecule has 6 aromatic rings. The average Bonchev–Trinajstić information content (AvgIpc) is 3.09. The third kappa shape index (κ3) is 11.5. The molecule has 0 aliphatic carbocycles. The molecule has 20 nitrogen and oxygen atoms in total. The molecular formula is C34H28N6Na4O14S4. The zero-order valence-electron chi connectivity index (χ0n) is 33.5. The predicted octanol–water partition coefficient (Wildman–Crippen LogP) is 5.15. The third-order valence-corrected chi connectivity index (χ3v) is 12.4. The molecule has 306 valence electrons. The van der Waals surface area contributed by atoms with Gasteiger partial charge in [-0.05, 0) is 84.6 Å². The van der Waals surface area contributed by atoms with E-state index in [0.717, 1.165) is 24.3 Å². The molecule has 0 spiro atoms. The molecule has 0 aromatic heterocycles. The first-order valence-corrected chi connectivity index (χ1v) is 21.7. The first-order valence-electron chi connectivity index (χ1n) is 15.9. The molecule has 0 aliphatic rings. The second kappa shape index (κ2) is 20.6. The number of phenols is 2. The number of nitrogens with zero attached hydrogens (tertiary/aromatic N) is 4. The smallest absolute Gasteiger partial charge is 0.296 e. The van der Waals surface area contributed by atoms with E-state index >= 15 is 0 Å². The molecule has 0 bridgehead atoms. The molecule has 0 aliphatic heterocycles. The summed E-state index contributed by atoms with van der Waals surface area (Å²) in [6, 6.07) is 15.6. The van der Waals surface area contributed by atoms with E-state index in [1.54, 1.807) is 50.2 Å². The molecule has 0 atom stereocenters. The normalized spacial score (nSPS) is 12.2. The molecule has 4 radical (unpaired) electrons. The van der Waals surface area contributed by atoms with Gasteiger partial charge in [0.15, 0.2) is 11.5 Å². The Labute approximate surface area is 442 Å². The molecule has 0 saturated carbocycles. The fourth-order valence-corrected chi connectivity index (χ4v) is 8.91. The average molecular weight is 965 g/mol. The van der Waals surface area contributed by atoms with Crippen LogP contribution in [0.2, 0.25) is 0 Å². The largest absolute Gasteiger partial charge is 0.505 e. The summed E-state index contributed by atoms with van der Waals surface area (Å²) in [6.45, 7) is 3.42. The van der Waals surface area contributed by atoms with E-state index in [9.17, 15) is 62.1 Å². The van der Waals surface area contributed by atoms with Gasteiger partial charge in [0.25, 0.3) is 40.5 Å². The summed E-state index contributed by atoms with van der Waals surface area (Å²) in [5.74, 6) is -1.57. The number of nitrogens with two attached hydrogens (primary N) is 2. The Bertz CT molecular complexity index is 3100. The van der Waals surface area contributed by atoms with Crippen molar-refractivity contribution in [2.45, 2.75) is 33.4 Å². The summed E-state index contributed by atoms with van der Waals surface area (Å²) in [4.78, 5) is -4.01. The Balaban J connectivity index is 0.00000331. The Hall–Kier alpha value is -2.12. The number of azo groups is 2. The number of phenolic OH excluding ortho intramolecular Hbond substituents is 2. The van der Waals surface area contributed by atoms with Gasteiger partial charge in [-0.15, -0.1) is 10.2 Å². The van der Waals surface area contributed by atoms with Crippen molar-refractivity contribution in [3.8, 4) is 22.6 Å². The van der Waals surface area contributed by atoms with E-state index < -0.39 is 93.7 Å². The van der Waals surface area contributed by atoms with E-state index in [-0.39, 0.29) is 140 Å². The minimum Gasteiger partial charge on any atom is -0.505 e. The predicted molar refractivity (Wildman–Crippen MR) is 232 cm³/mol. The van der Waals surface area contributed by atoms with Crippen LogP contribution in [-0.2, 0) is 40.5 Å². The van der Waals surface area contributed by atoms with Gasteiger partial charge in [0, 0.05) is 129 Å². The van der Waals surface area contributed by atoms with Crippen molar-refractivity contribution >= 4 is 214 Å². The molecule has 10 N–H and O–H groups in total. The van der Waals surface area contributed by atoms with E-state index in [0.29, 0.717) is 45.8 Å². The van der Waals surface area contributed by atoms with Gasteiger partial charge in [0.2, 0.25) is 0 Å². The number of hydrogen-bond donors (Lipinski definition) is 8. The first kappa shape index (κ1) is 56.0. The van der Waals surface area contributed by atoms with Gasteiger partial charge in [-0.1, -0.05) is 24.3 Å². The van der Waals surface area contributed by atoms with Gasteiger partial charge >= 0.3 is 0 Å². The summed E-state index contributed by atoms with van der Waals surface area (Å²) in [5, 5.41) is 36.5. The molecule has 0 saturated heterocycles. The zero-order valence-corrected chi connectivity index (χ0v) is 44.7. The van der Waals surface area contributed by atoms with Gasteiger partial charge in [-0.3, -0.25) is 18.2 Å². The maximum atomic E-state index is 12.0. The van der Waals surface area contributed by atoms with E-state index in [1.807, 2.05) is 0 Å². The summed E-state index contributed by atoms with van der Waals surface area (Å²) in [5.41, 5.74) is 13.2. The zero-order chi connectivity index (χ0) is 42.9. The molecular weight excluding hydrogens is 937 g/mol.